The maximum atomic E-state index is 5.43. The van der Waals surface area contributed by atoms with E-state index in [1.54, 1.807) is 0 Å². The zero-order valence-corrected chi connectivity index (χ0v) is 8.92. The molecule has 14 heavy (non-hydrogen) atoms. The van der Waals surface area contributed by atoms with Crippen LogP contribution >= 0.6 is 0 Å². The lowest BCUT2D eigenvalue weighted by Crippen LogP contribution is -2.04. The highest BCUT2D eigenvalue weighted by atomic mass is 14.9. The largest absolute Gasteiger partial charge is 0.385 e. The molecule has 1 aromatic rings. The average Bonchev–Trinajstić information content (AvgIpc) is 2.20. The van der Waals surface area contributed by atoms with Gasteiger partial charge in [0.1, 0.15) is 0 Å². The molecule has 0 unspecified atom stereocenters. The zero-order valence-electron chi connectivity index (χ0n) is 8.92. The third-order valence-corrected chi connectivity index (χ3v) is 2.34. The van der Waals surface area contributed by atoms with E-state index < -0.39 is 0 Å². The van der Waals surface area contributed by atoms with E-state index in [0.717, 1.165) is 19.5 Å². The molecule has 0 bridgehead atoms. The number of rotatable bonds is 6. The molecule has 0 aliphatic carbocycles. The fourth-order valence-corrected chi connectivity index (χ4v) is 1.44. The Bertz CT molecular complexity index is 258. The lowest BCUT2D eigenvalue weighted by atomic mass is 10.2. The van der Waals surface area contributed by atoms with Crippen molar-refractivity contribution in [1.29, 1.82) is 0 Å². The maximum absolute atomic E-state index is 5.43. The van der Waals surface area contributed by atoms with Gasteiger partial charge in [0.25, 0.3) is 0 Å². The number of para-hydroxylation sites is 1. The summed E-state index contributed by atoms with van der Waals surface area (Å²) in [7, 11) is 0. The molecule has 2 nitrogen and oxygen atoms in total. The van der Waals surface area contributed by atoms with Crippen molar-refractivity contribution in [3.8, 4) is 0 Å². The van der Waals surface area contributed by atoms with E-state index in [0.29, 0.717) is 0 Å². The lowest BCUT2D eigenvalue weighted by molar-refractivity contribution is 0.707. The van der Waals surface area contributed by atoms with Crippen molar-refractivity contribution in [1.82, 2.24) is 0 Å². The fourth-order valence-electron chi connectivity index (χ4n) is 1.44. The van der Waals surface area contributed by atoms with Crippen molar-refractivity contribution in [3.05, 3.63) is 29.8 Å². The van der Waals surface area contributed by atoms with Gasteiger partial charge in [-0.15, -0.1) is 0 Å². The fraction of sp³-hybridized carbons (Fsp3) is 0.500. The Hall–Kier alpha value is -1.02. The first-order chi connectivity index (χ1) is 6.84. The van der Waals surface area contributed by atoms with Gasteiger partial charge in [0.2, 0.25) is 0 Å². The quantitative estimate of drug-likeness (QED) is 0.680. The molecule has 0 aliphatic heterocycles. The van der Waals surface area contributed by atoms with Crippen LogP contribution in [0.15, 0.2) is 24.3 Å². The number of anilines is 1. The summed E-state index contributed by atoms with van der Waals surface area (Å²) in [4.78, 5) is 0. The van der Waals surface area contributed by atoms with Crippen molar-refractivity contribution in [2.45, 2.75) is 26.2 Å². The molecule has 0 spiro atoms. The van der Waals surface area contributed by atoms with Crippen LogP contribution < -0.4 is 11.1 Å². The number of hydrogen-bond acceptors (Lipinski definition) is 2. The molecule has 1 rings (SSSR count). The molecule has 0 aliphatic rings. The monoisotopic (exact) mass is 192 g/mol. The van der Waals surface area contributed by atoms with E-state index in [4.69, 9.17) is 5.73 Å². The molecule has 0 aromatic heterocycles. The van der Waals surface area contributed by atoms with Gasteiger partial charge in [0.15, 0.2) is 0 Å². The zero-order chi connectivity index (χ0) is 10.2. The van der Waals surface area contributed by atoms with Gasteiger partial charge in [-0.3, -0.25) is 0 Å². The number of nitrogens with two attached hydrogens (primary N) is 1. The summed E-state index contributed by atoms with van der Waals surface area (Å²) in [6.45, 7) is 3.98. The molecule has 0 heterocycles. The first kappa shape index (κ1) is 11.1. The third kappa shape index (κ3) is 3.79. The predicted molar refractivity (Wildman–Crippen MR) is 62.6 cm³/mol. The van der Waals surface area contributed by atoms with E-state index in [2.05, 4.69) is 36.5 Å². The maximum Gasteiger partial charge on any atom is 0.0369 e. The summed E-state index contributed by atoms with van der Waals surface area (Å²) in [5, 5.41) is 3.43. The third-order valence-electron chi connectivity index (χ3n) is 2.34. The molecular formula is C12H20N2. The first-order valence-corrected chi connectivity index (χ1v) is 5.34. The molecule has 3 N–H and O–H groups in total. The molecule has 0 amide bonds. The predicted octanol–water partition coefficient (Wildman–Crippen LogP) is 2.54. The number of unbranched alkanes of at least 4 members (excludes halogenated alkanes) is 2. The Morgan fingerprint density at radius 1 is 1.14 bits per heavy atom. The van der Waals surface area contributed by atoms with Crippen LogP contribution in [-0.4, -0.2) is 13.1 Å². The highest BCUT2D eigenvalue weighted by Gasteiger charge is 1.94. The number of nitrogens with one attached hydrogen (secondary N) is 1. The van der Waals surface area contributed by atoms with Crippen LogP contribution in [0.5, 0.6) is 0 Å². The minimum Gasteiger partial charge on any atom is -0.385 e. The normalized spacial score (nSPS) is 10.1. The van der Waals surface area contributed by atoms with Gasteiger partial charge in [0.05, 0.1) is 0 Å². The van der Waals surface area contributed by atoms with Gasteiger partial charge < -0.3 is 11.1 Å². The summed E-state index contributed by atoms with van der Waals surface area (Å²) < 4.78 is 0. The van der Waals surface area contributed by atoms with Crippen molar-refractivity contribution in [2.24, 2.45) is 5.73 Å². The van der Waals surface area contributed by atoms with E-state index in [1.165, 1.54) is 24.1 Å². The van der Waals surface area contributed by atoms with Crippen LogP contribution in [0.4, 0.5) is 5.69 Å². The summed E-state index contributed by atoms with van der Waals surface area (Å²) in [5.41, 5.74) is 7.99. The summed E-state index contributed by atoms with van der Waals surface area (Å²) in [5.74, 6) is 0. The minimum atomic E-state index is 0.810. The molecular weight excluding hydrogens is 172 g/mol. The van der Waals surface area contributed by atoms with Crippen LogP contribution in [0, 0.1) is 6.92 Å². The van der Waals surface area contributed by atoms with Gasteiger partial charge in [0, 0.05) is 12.2 Å². The molecule has 1 aromatic carbocycles. The second-order valence-corrected chi connectivity index (χ2v) is 3.59. The van der Waals surface area contributed by atoms with Gasteiger partial charge in [-0.25, -0.2) is 0 Å². The van der Waals surface area contributed by atoms with Gasteiger partial charge in [-0.2, -0.15) is 0 Å². The van der Waals surface area contributed by atoms with Crippen molar-refractivity contribution < 1.29 is 0 Å². The molecule has 0 fully saturated rings. The summed E-state index contributed by atoms with van der Waals surface area (Å²) in [6.07, 6.45) is 3.55. The Morgan fingerprint density at radius 3 is 2.64 bits per heavy atom. The lowest BCUT2D eigenvalue weighted by Gasteiger charge is -2.08. The SMILES string of the molecule is Cc1ccccc1NCCCCCN. The molecule has 78 valence electrons. The summed E-state index contributed by atoms with van der Waals surface area (Å²) in [6, 6.07) is 8.38. The van der Waals surface area contributed by atoms with E-state index in [-0.39, 0.29) is 0 Å². The topological polar surface area (TPSA) is 38.0 Å². The van der Waals surface area contributed by atoms with Crippen LogP contribution in [0.25, 0.3) is 0 Å². The highest BCUT2D eigenvalue weighted by molar-refractivity contribution is 5.49. The van der Waals surface area contributed by atoms with Crippen LogP contribution in [-0.2, 0) is 0 Å². The van der Waals surface area contributed by atoms with Gasteiger partial charge in [-0.1, -0.05) is 24.6 Å². The Balaban J connectivity index is 2.21. The van der Waals surface area contributed by atoms with Gasteiger partial charge >= 0.3 is 0 Å². The number of hydrogen-bond donors (Lipinski definition) is 2. The molecule has 0 atom stereocenters. The molecule has 2 heteroatoms. The smallest absolute Gasteiger partial charge is 0.0369 e. The van der Waals surface area contributed by atoms with E-state index in [1.807, 2.05) is 0 Å². The van der Waals surface area contributed by atoms with Gasteiger partial charge in [-0.05, 0) is 37.9 Å². The standard InChI is InChI=1S/C12H20N2/c1-11-7-3-4-8-12(11)14-10-6-2-5-9-13/h3-4,7-8,14H,2,5-6,9-10,13H2,1H3. The van der Waals surface area contributed by atoms with Crippen molar-refractivity contribution in [2.75, 3.05) is 18.4 Å². The molecule has 0 saturated heterocycles. The second-order valence-electron chi connectivity index (χ2n) is 3.59. The van der Waals surface area contributed by atoms with Crippen molar-refractivity contribution >= 4 is 5.69 Å². The Labute approximate surface area is 86.5 Å². The van der Waals surface area contributed by atoms with Crippen molar-refractivity contribution in [3.63, 3.8) is 0 Å². The van der Waals surface area contributed by atoms with Crippen LogP contribution in [0.2, 0.25) is 0 Å². The molecule has 0 saturated carbocycles. The van der Waals surface area contributed by atoms with Crippen LogP contribution in [0.3, 0.4) is 0 Å². The van der Waals surface area contributed by atoms with E-state index in [9.17, 15) is 0 Å². The highest BCUT2D eigenvalue weighted by Crippen LogP contribution is 2.12. The van der Waals surface area contributed by atoms with Crippen LogP contribution in [0.1, 0.15) is 24.8 Å². The Kier molecular flexibility index (Phi) is 5.08. The second kappa shape index (κ2) is 6.44. The Morgan fingerprint density at radius 2 is 1.93 bits per heavy atom. The number of benzene rings is 1. The minimum absolute atomic E-state index is 0.810. The number of aryl methyl sites for hydroxylation is 1. The molecule has 0 radical (unpaired) electrons. The summed E-state index contributed by atoms with van der Waals surface area (Å²) >= 11 is 0. The average molecular weight is 192 g/mol. The van der Waals surface area contributed by atoms with E-state index >= 15 is 0 Å². The first-order valence-electron chi connectivity index (χ1n) is 5.34.